The van der Waals surface area contributed by atoms with Gasteiger partial charge in [-0.15, -0.1) is 0 Å². The molecule has 0 unspecified atom stereocenters. The van der Waals surface area contributed by atoms with Crippen LogP contribution in [0.4, 0.5) is 4.79 Å². The lowest BCUT2D eigenvalue weighted by Crippen LogP contribution is -2.13. The molecule has 1 aromatic heterocycles. The number of carbonyl (C=O) groups is 1. The molecule has 0 saturated carbocycles. The Bertz CT molecular complexity index is 284. The van der Waals surface area contributed by atoms with Crippen molar-refractivity contribution >= 4 is 12.3 Å². The first-order chi connectivity index (χ1) is 5.79. The van der Waals surface area contributed by atoms with Gasteiger partial charge in [-0.3, -0.25) is 4.98 Å². The summed E-state index contributed by atoms with van der Waals surface area (Å²) in [7, 11) is 0. The molecule has 0 bridgehead atoms. The van der Waals surface area contributed by atoms with Crippen LogP contribution in [0.15, 0.2) is 29.5 Å². The summed E-state index contributed by atoms with van der Waals surface area (Å²) >= 11 is 0. The molecular weight excluding hydrogens is 158 g/mol. The number of hydrogen-bond acceptors (Lipinski definition) is 3. The van der Waals surface area contributed by atoms with Crippen molar-refractivity contribution in [3.05, 3.63) is 30.1 Å². The second-order valence-corrected chi connectivity index (χ2v) is 1.93. The second-order valence-electron chi connectivity index (χ2n) is 1.93. The lowest BCUT2D eigenvalue weighted by atomic mass is 10.4. The van der Waals surface area contributed by atoms with Gasteiger partial charge in [0.1, 0.15) is 0 Å². The number of amides is 1. The Labute approximate surface area is 68.8 Å². The molecule has 0 atom stereocenters. The molecule has 0 aliphatic heterocycles. The van der Waals surface area contributed by atoms with E-state index in [0.29, 0.717) is 5.69 Å². The molecule has 0 aliphatic carbocycles. The molecule has 1 aromatic rings. The van der Waals surface area contributed by atoms with E-state index in [9.17, 15) is 4.79 Å². The van der Waals surface area contributed by atoms with Crippen molar-refractivity contribution in [2.24, 2.45) is 5.10 Å². The third-order valence-corrected chi connectivity index (χ3v) is 1.04. The van der Waals surface area contributed by atoms with Gasteiger partial charge in [-0.2, -0.15) is 5.10 Å². The van der Waals surface area contributed by atoms with Crippen molar-refractivity contribution in [2.45, 2.75) is 0 Å². The normalized spacial score (nSPS) is 10.0. The number of carboxylic acid groups (broad SMARTS) is 1. The second kappa shape index (κ2) is 4.07. The zero-order chi connectivity index (χ0) is 8.81. The molecule has 2 N–H and O–H groups in total. The fraction of sp³-hybridized carbons (Fsp3) is 0. The van der Waals surface area contributed by atoms with Gasteiger partial charge in [0.05, 0.1) is 11.9 Å². The fourth-order valence-electron chi connectivity index (χ4n) is 0.606. The van der Waals surface area contributed by atoms with Gasteiger partial charge >= 0.3 is 6.09 Å². The molecular formula is C7H7N3O2. The van der Waals surface area contributed by atoms with Crippen LogP contribution in [0.2, 0.25) is 0 Å². The minimum absolute atomic E-state index is 0.603. The summed E-state index contributed by atoms with van der Waals surface area (Å²) in [5.74, 6) is 0. The van der Waals surface area contributed by atoms with Crippen LogP contribution in [0.5, 0.6) is 0 Å². The monoisotopic (exact) mass is 165 g/mol. The van der Waals surface area contributed by atoms with E-state index in [1.807, 2.05) is 5.43 Å². The van der Waals surface area contributed by atoms with E-state index in [1.165, 1.54) is 6.21 Å². The predicted octanol–water partition coefficient (Wildman–Crippen LogP) is 0.683. The summed E-state index contributed by atoms with van der Waals surface area (Å²) in [5.41, 5.74) is 2.44. The maximum Gasteiger partial charge on any atom is 0.425 e. The maximum atomic E-state index is 9.94. The number of hydrazone groups is 1. The smallest absolute Gasteiger partial charge is 0.425 e. The van der Waals surface area contributed by atoms with Crippen molar-refractivity contribution in [2.75, 3.05) is 0 Å². The number of aromatic nitrogens is 1. The van der Waals surface area contributed by atoms with Gasteiger partial charge in [-0.05, 0) is 12.1 Å². The van der Waals surface area contributed by atoms with E-state index in [0.717, 1.165) is 0 Å². The molecule has 5 nitrogen and oxygen atoms in total. The zero-order valence-electron chi connectivity index (χ0n) is 6.14. The summed E-state index contributed by atoms with van der Waals surface area (Å²) < 4.78 is 0. The standard InChI is InChI=1S/C7H7N3O2/c11-7(12)10-9-5-6-3-1-2-4-8-6/h1-5,10H,(H,11,12). The quantitative estimate of drug-likeness (QED) is 0.500. The van der Waals surface area contributed by atoms with E-state index in [1.54, 1.807) is 24.4 Å². The average Bonchev–Trinajstić information content (AvgIpc) is 2.05. The maximum absolute atomic E-state index is 9.94. The van der Waals surface area contributed by atoms with E-state index in [2.05, 4.69) is 10.1 Å². The van der Waals surface area contributed by atoms with Crippen molar-refractivity contribution in [1.29, 1.82) is 0 Å². The minimum atomic E-state index is -1.19. The number of rotatable bonds is 2. The molecule has 0 aliphatic rings. The Morgan fingerprint density at radius 2 is 2.50 bits per heavy atom. The van der Waals surface area contributed by atoms with Gasteiger partial charge in [0.2, 0.25) is 0 Å². The number of nitrogens with one attached hydrogen (secondary N) is 1. The first kappa shape index (κ1) is 8.19. The number of nitrogens with zero attached hydrogens (tertiary/aromatic N) is 2. The zero-order valence-corrected chi connectivity index (χ0v) is 6.14. The van der Waals surface area contributed by atoms with Gasteiger partial charge in [0.25, 0.3) is 0 Å². The highest BCUT2D eigenvalue weighted by atomic mass is 16.4. The van der Waals surface area contributed by atoms with Crippen LogP contribution >= 0.6 is 0 Å². The molecule has 0 saturated heterocycles. The molecule has 0 spiro atoms. The molecule has 5 heteroatoms. The van der Waals surface area contributed by atoms with Crippen LogP contribution in [-0.4, -0.2) is 22.4 Å². The highest BCUT2D eigenvalue weighted by Gasteiger charge is 1.88. The Morgan fingerprint density at radius 1 is 1.67 bits per heavy atom. The molecule has 1 amide bonds. The third-order valence-electron chi connectivity index (χ3n) is 1.04. The number of pyridine rings is 1. The lowest BCUT2D eigenvalue weighted by molar-refractivity contribution is 0.195. The van der Waals surface area contributed by atoms with Crippen LogP contribution in [0.1, 0.15) is 5.69 Å². The van der Waals surface area contributed by atoms with Crippen molar-refractivity contribution in [1.82, 2.24) is 10.4 Å². The van der Waals surface area contributed by atoms with Crippen molar-refractivity contribution < 1.29 is 9.90 Å². The molecule has 62 valence electrons. The highest BCUT2D eigenvalue weighted by Crippen LogP contribution is 1.86. The van der Waals surface area contributed by atoms with Crippen molar-refractivity contribution in [3.63, 3.8) is 0 Å². The third kappa shape index (κ3) is 2.78. The Hall–Kier alpha value is -1.91. The SMILES string of the molecule is O=C(O)NN=Cc1ccccn1. The van der Waals surface area contributed by atoms with Crippen LogP contribution in [0.25, 0.3) is 0 Å². The molecule has 1 heterocycles. The topological polar surface area (TPSA) is 74.6 Å². The Kier molecular flexibility index (Phi) is 2.78. The summed E-state index contributed by atoms with van der Waals surface area (Å²) in [6, 6.07) is 5.27. The van der Waals surface area contributed by atoms with E-state index in [-0.39, 0.29) is 0 Å². The first-order valence-electron chi connectivity index (χ1n) is 3.22. The largest absolute Gasteiger partial charge is 0.464 e. The minimum Gasteiger partial charge on any atom is -0.464 e. The van der Waals surface area contributed by atoms with Gasteiger partial charge in [-0.1, -0.05) is 6.07 Å². The summed E-state index contributed by atoms with van der Waals surface area (Å²) in [6.07, 6.45) is 1.73. The summed E-state index contributed by atoms with van der Waals surface area (Å²) in [4.78, 5) is 13.8. The number of hydrogen-bond donors (Lipinski definition) is 2. The lowest BCUT2D eigenvalue weighted by Gasteiger charge is -1.89. The van der Waals surface area contributed by atoms with Crippen LogP contribution in [-0.2, 0) is 0 Å². The van der Waals surface area contributed by atoms with Gasteiger partial charge in [0, 0.05) is 6.20 Å². The first-order valence-corrected chi connectivity index (χ1v) is 3.22. The van der Waals surface area contributed by atoms with Crippen LogP contribution < -0.4 is 5.43 Å². The van der Waals surface area contributed by atoms with Gasteiger partial charge in [-0.25, -0.2) is 10.2 Å². The van der Waals surface area contributed by atoms with Gasteiger partial charge < -0.3 is 5.11 Å². The van der Waals surface area contributed by atoms with Gasteiger partial charge in [0.15, 0.2) is 0 Å². The highest BCUT2D eigenvalue weighted by molar-refractivity contribution is 5.78. The average molecular weight is 165 g/mol. The fourth-order valence-corrected chi connectivity index (χ4v) is 0.606. The van der Waals surface area contributed by atoms with Crippen molar-refractivity contribution in [3.8, 4) is 0 Å². The Balaban J connectivity index is 2.52. The Morgan fingerprint density at radius 3 is 3.08 bits per heavy atom. The summed E-state index contributed by atoms with van der Waals surface area (Å²) in [6.45, 7) is 0. The van der Waals surface area contributed by atoms with Crippen LogP contribution in [0.3, 0.4) is 0 Å². The van der Waals surface area contributed by atoms with E-state index in [4.69, 9.17) is 5.11 Å². The van der Waals surface area contributed by atoms with E-state index >= 15 is 0 Å². The molecule has 0 radical (unpaired) electrons. The molecule has 1 rings (SSSR count). The predicted molar refractivity (Wildman–Crippen MR) is 43.0 cm³/mol. The molecule has 12 heavy (non-hydrogen) atoms. The summed E-state index contributed by atoms with van der Waals surface area (Å²) in [5, 5.41) is 11.6. The molecule has 0 fully saturated rings. The van der Waals surface area contributed by atoms with E-state index < -0.39 is 6.09 Å². The molecule has 0 aromatic carbocycles. The van der Waals surface area contributed by atoms with Crippen LogP contribution in [0, 0.1) is 0 Å².